The number of benzene rings is 1. The largest absolute Gasteiger partial charge is 0.490 e. The molecule has 2 aromatic rings. The highest BCUT2D eigenvalue weighted by atomic mass is 35.5. The van der Waals surface area contributed by atoms with E-state index >= 15 is 0 Å². The second kappa shape index (κ2) is 9.78. The second-order valence-corrected chi connectivity index (χ2v) is 7.05. The van der Waals surface area contributed by atoms with Gasteiger partial charge in [0, 0.05) is 23.7 Å². The van der Waals surface area contributed by atoms with Crippen LogP contribution in [0.3, 0.4) is 0 Å². The second-order valence-electron chi connectivity index (χ2n) is 6.21. The number of pyridine rings is 1. The number of hydrogen-bond acceptors (Lipinski definition) is 4. The molecule has 0 bridgehead atoms. The lowest BCUT2D eigenvalue weighted by Gasteiger charge is -2.16. The predicted octanol–water partition coefficient (Wildman–Crippen LogP) is 3.65. The highest BCUT2D eigenvalue weighted by Crippen LogP contribution is 2.27. The number of aromatic nitrogens is 1. The molecule has 1 aromatic carbocycles. The molecule has 0 aliphatic rings. The van der Waals surface area contributed by atoms with Gasteiger partial charge < -0.3 is 19.1 Å². The summed E-state index contributed by atoms with van der Waals surface area (Å²) >= 11 is 11.9. The van der Waals surface area contributed by atoms with E-state index in [9.17, 15) is 14.7 Å². The lowest BCUT2D eigenvalue weighted by atomic mass is 10.1. The van der Waals surface area contributed by atoms with Crippen molar-refractivity contribution in [3.8, 4) is 5.75 Å². The summed E-state index contributed by atoms with van der Waals surface area (Å²) in [4.78, 5) is 23.5. The van der Waals surface area contributed by atoms with Crippen molar-refractivity contribution >= 4 is 29.2 Å². The summed E-state index contributed by atoms with van der Waals surface area (Å²) in [6, 6.07) is 8.03. The van der Waals surface area contributed by atoms with Gasteiger partial charge in [-0.3, -0.25) is 4.79 Å². The van der Waals surface area contributed by atoms with E-state index in [1.54, 1.807) is 44.3 Å². The predicted molar refractivity (Wildman–Crippen MR) is 104 cm³/mol. The average Bonchev–Trinajstić information content (AvgIpc) is 2.57. The van der Waals surface area contributed by atoms with Crippen LogP contribution in [-0.2, 0) is 22.5 Å². The van der Waals surface area contributed by atoms with E-state index in [0.717, 1.165) is 0 Å². The van der Waals surface area contributed by atoms with Crippen molar-refractivity contribution in [3.05, 3.63) is 62.5 Å². The Kier molecular flexibility index (Phi) is 7.71. The minimum absolute atomic E-state index is 0.125. The van der Waals surface area contributed by atoms with Gasteiger partial charge in [-0.25, -0.2) is 4.79 Å². The van der Waals surface area contributed by atoms with Crippen molar-refractivity contribution in [2.45, 2.75) is 39.0 Å². The minimum atomic E-state index is -1.05. The smallest absolute Gasteiger partial charge is 0.333 e. The Balaban J connectivity index is 1.97. The molecular formula is C19H21Cl2NO5. The molecule has 0 aliphatic carbocycles. The maximum Gasteiger partial charge on any atom is 0.333 e. The Morgan fingerprint density at radius 2 is 1.96 bits per heavy atom. The highest BCUT2D eigenvalue weighted by molar-refractivity contribution is 6.35. The monoisotopic (exact) mass is 413 g/mol. The number of halogens is 2. The molecule has 2 rings (SSSR count). The van der Waals surface area contributed by atoms with Crippen LogP contribution in [0.15, 0.2) is 41.3 Å². The zero-order chi connectivity index (χ0) is 20.0. The summed E-state index contributed by atoms with van der Waals surface area (Å²) in [5, 5.41) is 10.1. The number of aliphatic carboxylic acids is 1. The van der Waals surface area contributed by atoms with Gasteiger partial charge in [-0.15, -0.1) is 0 Å². The molecule has 6 nitrogen and oxygen atoms in total. The van der Waals surface area contributed by atoms with Crippen LogP contribution in [-0.4, -0.2) is 34.5 Å². The molecule has 146 valence electrons. The van der Waals surface area contributed by atoms with Gasteiger partial charge in [-0.05, 0) is 43.7 Å². The first-order valence-electron chi connectivity index (χ1n) is 8.41. The Bertz CT molecular complexity index is 850. The highest BCUT2D eigenvalue weighted by Gasteiger charge is 2.20. The maximum absolute atomic E-state index is 12.2. The van der Waals surface area contributed by atoms with Gasteiger partial charge in [0.05, 0.1) is 17.7 Å². The van der Waals surface area contributed by atoms with E-state index in [1.165, 1.54) is 10.6 Å². The first-order valence-corrected chi connectivity index (χ1v) is 9.17. The zero-order valence-electron chi connectivity index (χ0n) is 15.0. The Labute approximate surface area is 167 Å². The van der Waals surface area contributed by atoms with Crippen molar-refractivity contribution in [1.29, 1.82) is 0 Å². The first-order chi connectivity index (χ1) is 12.8. The molecule has 0 spiro atoms. The van der Waals surface area contributed by atoms with Crippen molar-refractivity contribution in [3.63, 3.8) is 0 Å². The quantitative estimate of drug-likeness (QED) is 0.678. The van der Waals surface area contributed by atoms with Crippen LogP contribution in [0.1, 0.15) is 19.4 Å². The molecule has 0 saturated carbocycles. The van der Waals surface area contributed by atoms with E-state index < -0.39 is 12.1 Å². The normalized spacial score (nSPS) is 12.2. The number of nitrogens with zero attached hydrogens (tertiary/aromatic N) is 1. The van der Waals surface area contributed by atoms with Gasteiger partial charge in [0.2, 0.25) is 0 Å². The standard InChI is InChI=1S/C19H21Cl2NO5/c1-12(2)27-17(19(24)25)9-13-5-6-22(18(23)10-13)7-8-26-16-4-3-14(20)11-15(16)21/h3-6,10-12,17H,7-9H2,1-2H3,(H,24,25). The van der Waals surface area contributed by atoms with Crippen LogP contribution in [0.5, 0.6) is 5.75 Å². The molecule has 1 N–H and O–H groups in total. The topological polar surface area (TPSA) is 77.8 Å². The Morgan fingerprint density at radius 1 is 1.22 bits per heavy atom. The SMILES string of the molecule is CC(C)OC(Cc1ccn(CCOc2ccc(Cl)cc2Cl)c(=O)c1)C(=O)O. The maximum atomic E-state index is 12.2. The Hall–Kier alpha value is -2.02. The van der Waals surface area contributed by atoms with Gasteiger partial charge in [0.1, 0.15) is 12.4 Å². The molecule has 0 fully saturated rings. The third-order valence-electron chi connectivity index (χ3n) is 3.68. The van der Waals surface area contributed by atoms with Crippen molar-refractivity contribution in [1.82, 2.24) is 4.57 Å². The van der Waals surface area contributed by atoms with Gasteiger partial charge in [-0.1, -0.05) is 23.2 Å². The van der Waals surface area contributed by atoms with Crippen molar-refractivity contribution < 1.29 is 19.4 Å². The summed E-state index contributed by atoms with van der Waals surface area (Å²) in [7, 11) is 0. The van der Waals surface area contributed by atoms with E-state index in [-0.39, 0.29) is 24.7 Å². The minimum Gasteiger partial charge on any atom is -0.490 e. The lowest BCUT2D eigenvalue weighted by Crippen LogP contribution is -2.30. The third kappa shape index (κ3) is 6.57. The molecule has 0 saturated heterocycles. The molecule has 27 heavy (non-hydrogen) atoms. The van der Waals surface area contributed by atoms with Gasteiger partial charge in [0.25, 0.3) is 5.56 Å². The molecule has 1 heterocycles. The summed E-state index contributed by atoms with van der Waals surface area (Å²) < 4.78 is 12.4. The average molecular weight is 414 g/mol. The number of rotatable bonds is 9. The van der Waals surface area contributed by atoms with Crippen LogP contribution in [0, 0.1) is 0 Å². The molecule has 8 heteroatoms. The third-order valence-corrected chi connectivity index (χ3v) is 4.21. The molecule has 1 unspecified atom stereocenters. The van der Waals surface area contributed by atoms with Crippen LogP contribution in [0.2, 0.25) is 10.0 Å². The molecular weight excluding hydrogens is 393 g/mol. The fraction of sp³-hybridized carbons (Fsp3) is 0.368. The molecule has 0 aliphatic heterocycles. The van der Waals surface area contributed by atoms with Crippen molar-refractivity contribution in [2.24, 2.45) is 0 Å². The number of hydrogen-bond donors (Lipinski definition) is 1. The van der Waals surface area contributed by atoms with E-state index in [1.807, 2.05) is 0 Å². The first kappa shape index (κ1) is 21.3. The Morgan fingerprint density at radius 3 is 2.56 bits per heavy atom. The van der Waals surface area contributed by atoms with Crippen LogP contribution in [0.4, 0.5) is 0 Å². The fourth-order valence-corrected chi connectivity index (χ4v) is 2.91. The van der Waals surface area contributed by atoms with Crippen LogP contribution < -0.4 is 10.3 Å². The fourth-order valence-electron chi connectivity index (χ4n) is 2.44. The zero-order valence-corrected chi connectivity index (χ0v) is 16.5. The van der Waals surface area contributed by atoms with Gasteiger partial charge in [-0.2, -0.15) is 0 Å². The number of ether oxygens (including phenoxy) is 2. The lowest BCUT2D eigenvalue weighted by molar-refractivity contribution is -0.153. The van der Waals surface area contributed by atoms with Crippen LogP contribution in [0.25, 0.3) is 0 Å². The summed E-state index contributed by atoms with van der Waals surface area (Å²) in [6.45, 7) is 4.10. The summed E-state index contributed by atoms with van der Waals surface area (Å²) in [5.74, 6) is -0.568. The molecule has 1 atom stereocenters. The molecule has 1 aromatic heterocycles. The summed E-state index contributed by atoms with van der Waals surface area (Å²) in [6.07, 6.45) is 0.526. The number of carbonyl (C=O) groups is 1. The molecule has 0 amide bonds. The van der Waals surface area contributed by atoms with E-state index in [4.69, 9.17) is 32.7 Å². The summed E-state index contributed by atoms with van der Waals surface area (Å²) in [5.41, 5.74) is 0.359. The molecule has 0 radical (unpaired) electrons. The van der Waals surface area contributed by atoms with Crippen LogP contribution >= 0.6 is 23.2 Å². The van der Waals surface area contributed by atoms with E-state index in [2.05, 4.69) is 0 Å². The van der Waals surface area contributed by atoms with Gasteiger partial charge in [0.15, 0.2) is 6.10 Å². The van der Waals surface area contributed by atoms with E-state index in [0.29, 0.717) is 27.9 Å². The van der Waals surface area contributed by atoms with Crippen molar-refractivity contribution in [2.75, 3.05) is 6.61 Å². The number of carboxylic acid groups (broad SMARTS) is 1. The number of carboxylic acids is 1. The van der Waals surface area contributed by atoms with Gasteiger partial charge >= 0.3 is 5.97 Å².